The highest BCUT2D eigenvalue weighted by Gasteiger charge is 2.08. The number of aromatic nitrogens is 1. The number of anilines is 2. The Kier molecular flexibility index (Phi) is 6.21. The van der Waals surface area contributed by atoms with Gasteiger partial charge >= 0.3 is 0 Å². The van der Waals surface area contributed by atoms with E-state index in [9.17, 15) is 4.79 Å². The lowest BCUT2D eigenvalue weighted by Gasteiger charge is -2.09. The summed E-state index contributed by atoms with van der Waals surface area (Å²) in [5.41, 5.74) is 3.59. The number of hydrogen-bond donors (Lipinski definition) is 2. The first-order valence-corrected chi connectivity index (χ1v) is 8.82. The van der Waals surface area contributed by atoms with E-state index in [0.717, 1.165) is 22.7 Å². The Labute approximate surface area is 163 Å². The van der Waals surface area contributed by atoms with E-state index in [-0.39, 0.29) is 5.91 Å². The zero-order valence-corrected chi connectivity index (χ0v) is 15.5. The molecule has 28 heavy (non-hydrogen) atoms. The van der Waals surface area contributed by atoms with Gasteiger partial charge in [-0.15, -0.1) is 0 Å². The molecule has 0 aliphatic rings. The molecule has 0 saturated carbocycles. The van der Waals surface area contributed by atoms with Crippen LogP contribution in [0, 0.1) is 11.3 Å². The number of ether oxygens (including phenoxy) is 1. The number of amides is 1. The fraction of sp³-hybridized carbons (Fsp3) is 0.136. The van der Waals surface area contributed by atoms with Gasteiger partial charge in [-0.05, 0) is 60.5 Å². The highest BCUT2D eigenvalue weighted by atomic mass is 16.5. The van der Waals surface area contributed by atoms with Crippen molar-refractivity contribution in [2.24, 2.45) is 0 Å². The van der Waals surface area contributed by atoms with Gasteiger partial charge in [0.25, 0.3) is 5.91 Å². The van der Waals surface area contributed by atoms with Crippen molar-refractivity contribution >= 4 is 17.3 Å². The van der Waals surface area contributed by atoms with E-state index >= 15 is 0 Å². The van der Waals surface area contributed by atoms with E-state index in [0.29, 0.717) is 24.2 Å². The van der Waals surface area contributed by atoms with Crippen molar-refractivity contribution in [2.45, 2.75) is 6.42 Å². The number of carbonyl (C=O) groups excluding carboxylic acids is 1. The number of methoxy groups -OCH3 is 1. The van der Waals surface area contributed by atoms with Crippen LogP contribution >= 0.6 is 0 Å². The Hall–Kier alpha value is -3.85. The fourth-order valence-corrected chi connectivity index (χ4v) is 2.67. The van der Waals surface area contributed by atoms with E-state index in [1.54, 1.807) is 37.6 Å². The van der Waals surface area contributed by atoms with Gasteiger partial charge in [-0.1, -0.05) is 12.1 Å². The first kappa shape index (κ1) is 18.9. The van der Waals surface area contributed by atoms with Crippen LogP contribution in [0.4, 0.5) is 11.4 Å². The summed E-state index contributed by atoms with van der Waals surface area (Å²) >= 11 is 0. The van der Waals surface area contributed by atoms with Crippen LogP contribution in [0.2, 0.25) is 0 Å². The van der Waals surface area contributed by atoms with E-state index in [4.69, 9.17) is 10.00 Å². The topological polar surface area (TPSA) is 87.0 Å². The molecule has 1 amide bonds. The van der Waals surface area contributed by atoms with Gasteiger partial charge in [-0.3, -0.25) is 9.78 Å². The maximum absolute atomic E-state index is 12.4. The highest BCUT2D eigenvalue weighted by Crippen LogP contribution is 2.17. The Balaban J connectivity index is 1.57. The number of rotatable bonds is 7. The van der Waals surface area contributed by atoms with Gasteiger partial charge in [0.1, 0.15) is 11.4 Å². The lowest BCUT2D eigenvalue weighted by molar-refractivity contribution is 0.0949. The van der Waals surface area contributed by atoms with Crippen molar-refractivity contribution in [1.82, 2.24) is 10.3 Å². The van der Waals surface area contributed by atoms with Crippen molar-refractivity contribution in [1.29, 1.82) is 5.26 Å². The van der Waals surface area contributed by atoms with Crippen LogP contribution in [0.1, 0.15) is 21.6 Å². The zero-order valence-electron chi connectivity index (χ0n) is 15.5. The molecule has 6 nitrogen and oxygen atoms in total. The van der Waals surface area contributed by atoms with E-state index in [1.807, 2.05) is 36.4 Å². The van der Waals surface area contributed by atoms with Crippen LogP contribution in [-0.4, -0.2) is 24.5 Å². The maximum atomic E-state index is 12.4. The largest absolute Gasteiger partial charge is 0.497 e. The predicted molar refractivity (Wildman–Crippen MR) is 108 cm³/mol. The molecule has 0 atom stereocenters. The summed E-state index contributed by atoms with van der Waals surface area (Å²) in [6.45, 7) is 0.501. The third-order valence-electron chi connectivity index (χ3n) is 4.13. The van der Waals surface area contributed by atoms with Crippen LogP contribution in [0.25, 0.3) is 0 Å². The number of benzene rings is 2. The molecule has 0 radical (unpaired) electrons. The number of carbonyl (C=O) groups is 1. The van der Waals surface area contributed by atoms with Crippen LogP contribution in [0.3, 0.4) is 0 Å². The minimum absolute atomic E-state index is 0.230. The molecule has 2 N–H and O–H groups in total. The molecule has 0 unspecified atom stereocenters. The second kappa shape index (κ2) is 9.19. The molecule has 0 spiro atoms. The molecular weight excluding hydrogens is 352 g/mol. The van der Waals surface area contributed by atoms with Gasteiger partial charge in [-0.25, -0.2) is 0 Å². The van der Waals surface area contributed by atoms with Crippen LogP contribution in [-0.2, 0) is 6.42 Å². The smallest absolute Gasteiger partial charge is 0.269 e. The summed E-state index contributed by atoms with van der Waals surface area (Å²) in [5.74, 6) is 0.568. The summed E-state index contributed by atoms with van der Waals surface area (Å²) in [6, 6.07) is 20.4. The monoisotopic (exact) mass is 372 g/mol. The molecule has 0 aliphatic heterocycles. The zero-order chi connectivity index (χ0) is 19.8. The first-order valence-electron chi connectivity index (χ1n) is 8.82. The van der Waals surface area contributed by atoms with Gasteiger partial charge in [-0.2, -0.15) is 5.26 Å². The third kappa shape index (κ3) is 5.08. The Morgan fingerprint density at radius 2 is 1.93 bits per heavy atom. The molecule has 0 aliphatic carbocycles. The van der Waals surface area contributed by atoms with Gasteiger partial charge in [0.2, 0.25) is 0 Å². The molecule has 3 aromatic rings. The van der Waals surface area contributed by atoms with E-state index in [1.165, 1.54) is 0 Å². The highest BCUT2D eigenvalue weighted by molar-refractivity contribution is 5.93. The summed E-state index contributed by atoms with van der Waals surface area (Å²) in [7, 11) is 1.63. The maximum Gasteiger partial charge on any atom is 0.269 e. The summed E-state index contributed by atoms with van der Waals surface area (Å²) in [4.78, 5) is 16.5. The molecule has 6 heteroatoms. The number of nitriles is 1. The van der Waals surface area contributed by atoms with Crippen LogP contribution < -0.4 is 15.4 Å². The molecule has 140 valence electrons. The molecule has 0 fully saturated rings. The average Bonchev–Trinajstić information content (AvgIpc) is 2.74. The molecule has 3 rings (SSSR count). The number of nitrogens with one attached hydrogen (secondary N) is 2. The molecule has 1 aromatic heterocycles. The molecule has 0 saturated heterocycles. The van der Waals surface area contributed by atoms with E-state index < -0.39 is 0 Å². The molecule has 0 bridgehead atoms. The van der Waals surface area contributed by atoms with Crippen molar-refractivity contribution in [3.8, 4) is 11.8 Å². The summed E-state index contributed by atoms with van der Waals surface area (Å²) < 4.78 is 5.21. The Morgan fingerprint density at radius 3 is 2.68 bits per heavy atom. The minimum Gasteiger partial charge on any atom is -0.497 e. The van der Waals surface area contributed by atoms with Gasteiger partial charge in [0.05, 0.1) is 18.7 Å². The predicted octanol–water partition coefficient (Wildman–Crippen LogP) is 3.68. The van der Waals surface area contributed by atoms with Crippen molar-refractivity contribution in [3.63, 3.8) is 0 Å². The van der Waals surface area contributed by atoms with Crippen molar-refractivity contribution < 1.29 is 9.53 Å². The second-order valence-corrected chi connectivity index (χ2v) is 6.10. The molecular formula is C22H20N4O2. The average molecular weight is 372 g/mol. The van der Waals surface area contributed by atoms with Crippen LogP contribution in [0.15, 0.2) is 66.9 Å². The van der Waals surface area contributed by atoms with Crippen molar-refractivity contribution in [3.05, 3.63) is 83.7 Å². The third-order valence-corrected chi connectivity index (χ3v) is 4.13. The quantitative estimate of drug-likeness (QED) is 0.661. The summed E-state index contributed by atoms with van der Waals surface area (Å²) in [6.07, 6.45) is 2.29. The van der Waals surface area contributed by atoms with Gasteiger partial charge < -0.3 is 15.4 Å². The first-order chi connectivity index (χ1) is 13.7. The van der Waals surface area contributed by atoms with Crippen molar-refractivity contribution in [2.75, 3.05) is 19.0 Å². The SMILES string of the molecule is COc1cccc(CCNC(=O)c2cc(Nc3ccc(C#N)cc3)ccn2)c1. The Morgan fingerprint density at radius 1 is 1.11 bits per heavy atom. The molecule has 1 heterocycles. The van der Waals surface area contributed by atoms with Gasteiger partial charge in [0, 0.05) is 24.1 Å². The van der Waals surface area contributed by atoms with Crippen LogP contribution in [0.5, 0.6) is 5.75 Å². The lowest BCUT2D eigenvalue weighted by Crippen LogP contribution is -2.26. The Bertz CT molecular complexity index is 994. The standard InChI is InChI=1S/C22H20N4O2/c1-28-20-4-2-3-16(13-20)9-11-25-22(27)21-14-19(10-12-24-21)26-18-7-5-17(15-23)6-8-18/h2-8,10,12-14H,9,11H2,1H3,(H,24,26)(H,25,27). The van der Waals surface area contributed by atoms with Gasteiger partial charge in [0.15, 0.2) is 0 Å². The van der Waals surface area contributed by atoms with E-state index in [2.05, 4.69) is 21.7 Å². The minimum atomic E-state index is -0.230. The number of hydrogen-bond acceptors (Lipinski definition) is 5. The normalized spacial score (nSPS) is 10.0. The lowest BCUT2D eigenvalue weighted by atomic mass is 10.1. The fourth-order valence-electron chi connectivity index (χ4n) is 2.67. The summed E-state index contributed by atoms with van der Waals surface area (Å²) in [5, 5.41) is 14.9. The number of nitrogens with zero attached hydrogens (tertiary/aromatic N) is 2. The second-order valence-electron chi connectivity index (χ2n) is 6.10. The number of pyridine rings is 1. The molecule has 2 aromatic carbocycles.